The van der Waals surface area contributed by atoms with Crippen LogP contribution in [0.4, 0.5) is 4.39 Å². The summed E-state index contributed by atoms with van der Waals surface area (Å²) >= 11 is 5.75. The molecule has 0 spiro atoms. The fourth-order valence-electron chi connectivity index (χ4n) is 1.41. The van der Waals surface area contributed by atoms with Gasteiger partial charge in [0.25, 0.3) is 0 Å². The quantitative estimate of drug-likeness (QED) is 0.751. The predicted molar refractivity (Wildman–Crippen MR) is 69.0 cm³/mol. The van der Waals surface area contributed by atoms with Crippen molar-refractivity contribution in [3.63, 3.8) is 0 Å². The number of halogens is 2. The highest BCUT2D eigenvalue weighted by Crippen LogP contribution is 2.24. The summed E-state index contributed by atoms with van der Waals surface area (Å²) in [5.74, 6) is -0.599. The number of rotatable bonds is 6. The number of hydrogen-bond donors (Lipinski definition) is 0. The topological polar surface area (TPSA) is 55.8 Å². The molecular weight excluding hydrogens is 297 g/mol. The average molecular weight is 312 g/mol. The lowest BCUT2D eigenvalue weighted by molar-refractivity contribution is -0.106. The van der Waals surface area contributed by atoms with E-state index in [0.717, 1.165) is 22.5 Å². The van der Waals surface area contributed by atoms with Gasteiger partial charge < -0.3 is 9.47 Å². The van der Waals surface area contributed by atoms with Crippen LogP contribution in [0, 0.1) is 5.82 Å². The van der Waals surface area contributed by atoms with Crippen LogP contribution in [0.25, 0.3) is 0 Å². The molecule has 0 unspecified atom stereocenters. The molecule has 8 heteroatoms. The number of ether oxygens (including phenoxy) is 2. The van der Waals surface area contributed by atoms with Crippen molar-refractivity contribution in [3.8, 4) is 0 Å². The number of methoxy groups -OCH3 is 2. The summed E-state index contributed by atoms with van der Waals surface area (Å²) in [5, 5.41) is -0.168. The molecule has 1 aromatic rings. The minimum Gasteiger partial charge on any atom is -0.355 e. The Kier molecular flexibility index (Phi) is 5.69. The van der Waals surface area contributed by atoms with Crippen LogP contribution in [-0.2, 0) is 19.5 Å². The first-order valence-electron chi connectivity index (χ1n) is 5.30. The van der Waals surface area contributed by atoms with Gasteiger partial charge in [-0.15, -0.1) is 0 Å². The summed E-state index contributed by atoms with van der Waals surface area (Å²) in [6.45, 7) is -0.0109. The lowest BCUT2D eigenvalue weighted by atomic mass is 10.3. The van der Waals surface area contributed by atoms with E-state index in [2.05, 4.69) is 0 Å². The van der Waals surface area contributed by atoms with Crippen LogP contribution in [0.3, 0.4) is 0 Å². The van der Waals surface area contributed by atoms with Gasteiger partial charge in [-0.05, 0) is 18.2 Å². The third-order valence-corrected chi connectivity index (χ3v) is 4.82. The van der Waals surface area contributed by atoms with Gasteiger partial charge in [-0.1, -0.05) is 11.6 Å². The zero-order chi connectivity index (χ0) is 14.6. The Labute approximate surface area is 116 Å². The van der Waals surface area contributed by atoms with E-state index >= 15 is 0 Å². The maximum atomic E-state index is 12.9. The first kappa shape index (κ1) is 16.3. The molecular formula is C11H15ClFNO4S. The highest BCUT2D eigenvalue weighted by Gasteiger charge is 2.26. The maximum absolute atomic E-state index is 12.9. The Morgan fingerprint density at radius 3 is 2.42 bits per heavy atom. The van der Waals surface area contributed by atoms with Crippen LogP contribution in [0.1, 0.15) is 0 Å². The smallest absolute Gasteiger partial charge is 0.244 e. The Bertz CT molecular complexity index is 533. The first-order valence-corrected chi connectivity index (χ1v) is 7.11. The number of nitrogens with zero attached hydrogens (tertiary/aromatic N) is 1. The van der Waals surface area contributed by atoms with Crippen molar-refractivity contribution in [2.75, 3.05) is 27.8 Å². The molecule has 0 aliphatic heterocycles. The number of likely N-dealkylation sites (N-methyl/N-ethyl adjacent to an activating group) is 1. The van der Waals surface area contributed by atoms with E-state index < -0.39 is 22.1 Å². The fraction of sp³-hybridized carbons (Fsp3) is 0.455. The second-order valence-electron chi connectivity index (χ2n) is 3.76. The van der Waals surface area contributed by atoms with Crippen LogP contribution < -0.4 is 0 Å². The van der Waals surface area contributed by atoms with Gasteiger partial charge >= 0.3 is 0 Å². The molecule has 1 rings (SSSR count). The van der Waals surface area contributed by atoms with Crippen molar-refractivity contribution in [2.45, 2.75) is 11.2 Å². The molecule has 0 saturated carbocycles. The molecule has 1 aromatic carbocycles. The summed E-state index contributed by atoms with van der Waals surface area (Å²) in [6.07, 6.45) is -0.695. The number of benzene rings is 1. The molecule has 0 bridgehead atoms. The van der Waals surface area contributed by atoms with E-state index in [1.165, 1.54) is 21.3 Å². The largest absolute Gasteiger partial charge is 0.355 e. The van der Waals surface area contributed by atoms with E-state index in [9.17, 15) is 12.8 Å². The third-order valence-electron chi connectivity index (χ3n) is 2.51. The van der Waals surface area contributed by atoms with Crippen LogP contribution in [0.15, 0.2) is 23.1 Å². The SMILES string of the molecule is COC(CN(C)S(=O)(=O)c1ccc(F)cc1Cl)OC. The van der Waals surface area contributed by atoms with Crippen molar-refractivity contribution >= 4 is 21.6 Å². The third kappa shape index (κ3) is 3.87. The second kappa shape index (κ2) is 6.62. The van der Waals surface area contributed by atoms with Crippen molar-refractivity contribution < 1.29 is 22.3 Å². The zero-order valence-corrected chi connectivity index (χ0v) is 12.3. The van der Waals surface area contributed by atoms with Gasteiger partial charge in [-0.25, -0.2) is 12.8 Å². The predicted octanol–water partition coefficient (Wildman–Crippen LogP) is 1.72. The Balaban J connectivity index is 3.03. The highest BCUT2D eigenvalue weighted by atomic mass is 35.5. The van der Waals surface area contributed by atoms with Crippen molar-refractivity contribution in [2.24, 2.45) is 0 Å². The Morgan fingerprint density at radius 1 is 1.37 bits per heavy atom. The zero-order valence-electron chi connectivity index (χ0n) is 10.8. The average Bonchev–Trinajstić information content (AvgIpc) is 2.34. The summed E-state index contributed by atoms with van der Waals surface area (Å²) < 4.78 is 48.3. The second-order valence-corrected chi connectivity index (χ2v) is 6.18. The summed E-state index contributed by atoms with van der Waals surface area (Å²) in [5.41, 5.74) is 0. The van der Waals surface area contributed by atoms with Crippen LogP contribution in [0.2, 0.25) is 5.02 Å². The summed E-state index contributed by atoms with van der Waals surface area (Å²) in [6, 6.07) is 3.11. The van der Waals surface area contributed by atoms with E-state index in [-0.39, 0.29) is 16.5 Å². The van der Waals surface area contributed by atoms with Crippen LogP contribution >= 0.6 is 11.6 Å². The van der Waals surface area contributed by atoms with Gasteiger partial charge in [0, 0.05) is 21.3 Å². The van der Waals surface area contributed by atoms with E-state index in [4.69, 9.17) is 21.1 Å². The molecule has 0 aromatic heterocycles. The lowest BCUT2D eigenvalue weighted by Gasteiger charge is -2.22. The molecule has 0 amide bonds. The molecule has 0 saturated heterocycles. The summed E-state index contributed by atoms with van der Waals surface area (Å²) in [7, 11) is 0.339. The van der Waals surface area contributed by atoms with E-state index in [1.807, 2.05) is 0 Å². The molecule has 108 valence electrons. The standard InChI is InChI=1S/C11H15ClFNO4S/c1-14(7-11(17-2)18-3)19(15,16)10-5-4-8(13)6-9(10)12/h4-6,11H,7H2,1-3H3. The van der Waals surface area contributed by atoms with Gasteiger partial charge in [0.1, 0.15) is 10.7 Å². The molecule has 0 fully saturated rings. The normalized spacial score (nSPS) is 12.4. The minimum absolute atomic E-state index is 0.0109. The van der Waals surface area contributed by atoms with Gasteiger partial charge in [0.2, 0.25) is 10.0 Å². The van der Waals surface area contributed by atoms with Crippen LogP contribution in [0.5, 0.6) is 0 Å². The van der Waals surface area contributed by atoms with Gasteiger partial charge in [0.05, 0.1) is 11.6 Å². The molecule has 19 heavy (non-hydrogen) atoms. The van der Waals surface area contributed by atoms with Crippen molar-refractivity contribution in [1.29, 1.82) is 0 Å². The minimum atomic E-state index is -3.83. The lowest BCUT2D eigenvalue weighted by Crippen LogP contribution is -2.36. The fourth-order valence-corrected chi connectivity index (χ4v) is 3.06. The molecule has 0 aliphatic carbocycles. The molecule has 0 N–H and O–H groups in total. The molecule has 0 atom stereocenters. The van der Waals surface area contributed by atoms with Gasteiger partial charge in [-0.3, -0.25) is 0 Å². The molecule has 5 nitrogen and oxygen atoms in total. The van der Waals surface area contributed by atoms with E-state index in [1.54, 1.807) is 0 Å². The van der Waals surface area contributed by atoms with E-state index in [0.29, 0.717) is 0 Å². The maximum Gasteiger partial charge on any atom is 0.244 e. The number of sulfonamides is 1. The highest BCUT2D eigenvalue weighted by molar-refractivity contribution is 7.89. The Hall–Kier alpha value is -0.730. The first-order chi connectivity index (χ1) is 8.82. The molecule has 0 radical (unpaired) electrons. The van der Waals surface area contributed by atoms with Crippen LogP contribution in [-0.4, -0.2) is 46.8 Å². The monoisotopic (exact) mass is 311 g/mol. The molecule has 0 aliphatic rings. The van der Waals surface area contributed by atoms with Crippen molar-refractivity contribution in [1.82, 2.24) is 4.31 Å². The number of hydrogen-bond acceptors (Lipinski definition) is 4. The Morgan fingerprint density at radius 2 is 1.95 bits per heavy atom. The summed E-state index contributed by atoms with van der Waals surface area (Å²) in [4.78, 5) is -0.163. The van der Waals surface area contributed by atoms with Crippen molar-refractivity contribution in [3.05, 3.63) is 29.0 Å². The van der Waals surface area contributed by atoms with Gasteiger partial charge in [-0.2, -0.15) is 4.31 Å². The van der Waals surface area contributed by atoms with Gasteiger partial charge in [0.15, 0.2) is 6.29 Å². The molecule has 0 heterocycles.